The minimum Gasteiger partial charge on any atom is -0.392 e. The van der Waals surface area contributed by atoms with Gasteiger partial charge in [-0.1, -0.05) is 0 Å². The molecule has 0 aromatic heterocycles. The van der Waals surface area contributed by atoms with Crippen LogP contribution in [0.1, 0.15) is 12.0 Å². The second kappa shape index (κ2) is 5.70. The van der Waals surface area contributed by atoms with Crippen molar-refractivity contribution >= 4 is 9.84 Å². The number of β-amino-alcohol motifs (C(OH)–C–C–N with tert-alkyl or cyclic N) is 1. The maximum atomic E-state index is 12.1. The Morgan fingerprint density at radius 2 is 2.05 bits per heavy atom. The van der Waals surface area contributed by atoms with Crippen molar-refractivity contribution in [2.75, 3.05) is 25.4 Å². The first-order valence-corrected chi connectivity index (χ1v) is 7.80. The number of hydrogen-bond donors (Lipinski definition) is 1. The van der Waals surface area contributed by atoms with E-state index in [2.05, 4.69) is 0 Å². The lowest BCUT2D eigenvalue weighted by atomic mass is 10.2. The van der Waals surface area contributed by atoms with E-state index in [-0.39, 0.29) is 16.8 Å². The van der Waals surface area contributed by atoms with Gasteiger partial charge in [-0.05, 0) is 30.7 Å². The fraction of sp³-hybridized carbons (Fsp3) is 0.462. The van der Waals surface area contributed by atoms with Gasteiger partial charge in [0.15, 0.2) is 9.84 Å². The highest BCUT2D eigenvalue weighted by molar-refractivity contribution is 7.91. The Balaban J connectivity index is 1.99. The van der Waals surface area contributed by atoms with E-state index in [1.807, 2.05) is 11.0 Å². The first-order chi connectivity index (χ1) is 9.01. The Morgan fingerprint density at radius 3 is 2.58 bits per heavy atom. The van der Waals surface area contributed by atoms with E-state index in [1.54, 1.807) is 0 Å². The largest absolute Gasteiger partial charge is 0.392 e. The number of rotatable bonds is 4. The molecule has 1 aliphatic rings. The topological polar surface area (TPSA) is 81.4 Å². The molecule has 1 saturated heterocycles. The van der Waals surface area contributed by atoms with Crippen LogP contribution in [0.25, 0.3) is 0 Å². The minimum atomic E-state index is -3.32. The fourth-order valence-electron chi connectivity index (χ4n) is 2.12. The third-order valence-corrected chi connectivity index (χ3v) is 4.98. The summed E-state index contributed by atoms with van der Waals surface area (Å²) in [6.45, 7) is 1.71. The Labute approximate surface area is 113 Å². The van der Waals surface area contributed by atoms with Gasteiger partial charge in [0.05, 0.1) is 28.4 Å². The average molecular weight is 280 g/mol. The van der Waals surface area contributed by atoms with Crippen molar-refractivity contribution in [1.29, 1.82) is 5.26 Å². The molecule has 0 amide bonds. The lowest BCUT2D eigenvalue weighted by molar-refractivity contribution is 0.178. The van der Waals surface area contributed by atoms with Gasteiger partial charge >= 0.3 is 0 Å². The monoisotopic (exact) mass is 280 g/mol. The highest BCUT2D eigenvalue weighted by Crippen LogP contribution is 2.14. The van der Waals surface area contributed by atoms with Crippen LogP contribution < -0.4 is 0 Å². The van der Waals surface area contributed by atoms with Gasteiger partial charge in [0.2, 0.25) is 0 Å². The van der Waals surface area contributed by atoms with E-state index in [1.165, 1.54) is 24.3 Å². The Morgan fingerprint density at radius 1 is 1.37 bits per heavy atom. The van der Waals surface area contributed by atoms with Crippen LogP contribution in [0.3, 0.4) is 0 Å². The SMILES string of the molecule is N#Cc1ccc(S(=O)(=O)CCN2CC[C@H](O)C2)cc1. The molecule has 1 aromatic rings. The van der Waals surface area contributed by atoms with Crippen molar-refractivity contribution in [3.63, 3.8) is 0 Å². The Hall–Kier alpha value is -1.42. The standard InChI is InChI=1S/C13H16N2O3S/c14-9-11-1-3-13(4-2-11)19(17,18)8-7-15-6-5-12(16)10-15/h1-4,12,16H,5-8,10H2/t12-/m0/s1. The molecule has 0 radical (unpaired) electrons. The predicted octanol–water partition coefficient (Wildman–Crippen LogP) is 0.399. The summed E-state index contributed by atoms with van der Waals surface area (Å²) in [6, 6.07) is 7.90. The summed E-state index contributed by atoms with van der Waals surface area (Å²) in [6.07, 6.45) is 0.370. The molecule has 2 rings (SSSR count). The van der Waals surface area contributed by atoms with Gasteiger partial charge in [-0.15, -0.1) is 0 Å². The number of benzene rings is 1. The molecule has 0 aliphatic carbocycles. The summed E-state index contributed by atoms with van der Waals surface area (Å²) in [5, 5.41) is 18.1. The highest BCUT2D eigenvalue weighted by Gasteiger charge is 2.22. The van der Waals surface area contributed by atoms with Crippen molar-refractivity contribution in [2.24, 2.45) is 0 Å². The molecule has 1 aromatic carbocycles. The van der Waals surface area contributed by atoms with Crippen LogP contribution in [0.5, 0.6) is 0 Å². The van der Waals surface area contributed by atoms with Crippen molar-refractivity contribution in [1.82, 2.24) is 4.90 Å². The van der Waals surface area contributed by atoms with Gasteiger partial charge in [-0.2, -0.15) is 5.26 Å². The highest BCUT2D eigenvalue weighted by atomic mass is 32.2. The summed E-state index contributed by atoms with van der Waals surface area (Å²) in [5.41, 5.74) is 0.446. The van der Waals surface area contributed by atoms with Crippen LogP contribution in [0, 0.1) is 11.3 Å². The second-order valence-corrected chi connectivity index (χ2v) is 6.81. The molecule has 102 valence electrons. The molecule has 19 heavy (non-hydrogen) atoms. The Bertz CT molecular complexity index is 575. The first kappa shape index (κ1) is 14.0. The normalized spacial score (nSPS) is 20.3. The quantitative estimate of drug-likeness (QED) is 0.863. The molecular weight excluding hydrogens is 264 g/mol. The van der Waals surface area contributed by atoms with Crippen LogP contribution in [0.4, 0.5) is 0 Å². The lowest BCUT2D eigenvalue weighted by Gasteiger charge is -2.14. The molecule has 1 aliphatic heterocycles. The summed E-state index contributed by atoms with van der Waals surface area (Å²) < 4.78 is 24.2. The van der Waals surface area contributed by atoms with E-state index >= 15 is 0 Å². The van der Waals surface area contributed by atoms with Gasteiger partial charge in [-0.25, -0.2) is 8.42 Å². The lowest BCUT2D eigenvalue weighted by Crippen LogP contribution is -2.28. The van der Waals surface area contributed by atoms with Crippen LogP contribution in [-0.2, 0) is 9.84 Å². The van der Waals surface area contributed by atoms with Crippen LogP contribution in [0.2, 0.25) is 0 Å². The number of aliphatic hydroxyl groups excluding tert-OH is 1. The van der Waals surface area contributed by atoms with Gasteiger partial charge in [0, 0.05) is 19.6 Å². The first-order valence-electron chi connectivity index (χ1n) is 6.14. The molecule has 1 N–H and O–H groups in total. The van der Waals surface area contributed by atoms with Gasteiger partial charge in [0.1, 0.15) is 0 Å². The molecular formula is C13H16N2O3S. The molecule has 0 unspecified atom stereocenters. The number of hydrogen-bond acceptors (Lipinski definition) is 5. The molecule has 5 nitrogen and oxygen atoms in total. The zero-order chi connectivity index (χ0) is 13.9. The number of nitriles is 1. The average Bonchev–Trinajstić information content (AvgIpc) is 2.82. The molecule has 0 bridgehead atoms. The van der Waals surface area contributed by atoms with Crippen molar-refractivity contribution in [3.8, 4) is 6.07 Å². The summed E-state index contributed by atoms with van der Waals surface area (Å²) >= 11 is 0. The van der Waals surface area contributed by atoms with E-state index in [0.717, 1.165) is 6.54 Å². The van der Waals surface area contributed by atoms with Crippen LogP contribution >= 0.6 is 0 Å². The van der Waals surface area contributed by atoms with Crippen molar-refractivity contribution < 1.29 is 13.5 Å². The number of aliphatic hydroxyl groups is 1. The second-order valence-electron chi connectivity index (χ2n) is 4.70. The fourth-order valence-corrected chi connectivity index (χ4v) is 3.40. The number of nitrogens with zero attached hydrogens (tertiary/aromatic N) is 2. The molecule has 0 saturated carbocycles. The van der Waals surface area contributed by atoms with E-state index in [4.69, 9.17) is 5.26 Å². The zero-order valence-corrected chi connectivity index (χ0v) is 11.3. The van der Waals surface area contributed by atoms with E-state index < -0.39 is 9.84 Å². The third kappa shape index (κ3) is 3.53. The zero-order valence-electron chi connectivity index (χ0n) is 10.5. The van der Waals surface area contributed by atoms with Crippen LogP contribution in [-0.4, -0.2) is 49.9 Å². The number of likely N-dealkylation sites (tertiary alicyclic amines) is 1. The van der Waals surface area contributed by atoms with Gasteiger partial charge in [0.25, 0.3) is 0 Å². The summed E-state index contributed by atoms with van der Waals surface area (Å²) in [7, 11) is -3.32. The van der Waals surface area contributed by atoms with Crippen LogP contribution in [0.15, 0.2) is 29.2 Å². The molecule has 1 fully saturated rings. The van der Waals surface area contributed by atoms with Gasteiger partial charge in [-0.3, -0.25) is 4.90 Å². The number of sulfone groups is 1. The van der Waals surface area contributed by atoms with Gasteiger partial charge < -0.3 is 5.11 Å². The maximum absolute atomic E-state index is 12.1. The van der Waals surface area contributed by atoms with Crippen molar-refractivity contribution in [2.45, 2.75) is 17.4 Å². The smallest absolute Gasteiger partial charge is 0.179 e. The molecule has 6 heteroatoms. The van der Waals surface area contributed by atoms with Crippen molar-refractivity contribution in [3.05, 3.63) is 29.8 Å². The molecule has 0 spiro atoms. The molecule has 1 heterocycles. The van der Waals surface area contributed by atoms with E-state index in [0.29, 0.717) is 25.1 Å². The third-order valence-electron chi connectivity index (χ3n) is 3.27. The minimum absolute atomic E-state index is 0.0334. The summed E-state index contributed by atoms with van der Waals surface area (Å²) in [4.78, 5) is 2.19. The Kier molecular flexibility index (Phi) is 4.20. The molecule has 1 atom stereocenters. The maximum Gasteiger partial charge on any atom is 0.179 e. The predicted molar refractivity (Wildman–Crippen MR) is 70.3 cm³/mol. The van der Waals surface area contributed by atoms with E-state index in [9.17, 15) is 13.5 Å². The summed E-state index contributed by atoms with van der Waals surface area (Å²) in [5.74, 6) is 0.0334.